The summed E-state index contributed by atoms with van der Waals surface area (Å²) in [6, 6.07) is 9.87. The summed E-state index contributed by atoms with van der Waals surface area (Å²) < 4.78 is 5.25. The Bertz CT molecular complexity index is 577. The van der Waals surface area contributed by atoms with Crippen LogP contribution in [-0.2, 0) is 11.3 Å². The van der Waals surface area contributed by atoms with Gasteiger partial charge in [0.1, 0.15) is 18.8 Å². The van der Waals surface area contributed by atoms with E-state index in [4.69, 9.17) is 4.74 Å². The minimum atomic E-state index is -0.341. The molecule has 2 N–H and O–H groups in total. The molecule has 0 aliphatic heterocycles. The number of amides is 1. The van der Waals surface area contributed by atoms with E-state index in [1.807, 2.05) is 30.3 Å². The standard InChI is InChI=1S/C16H20N4O2/c21-16(22-10-12-4-2-1-3-5-12)19-14-8-6-13(7-9-14)15-17-11-18-20-15/h1-5,11,13-14H,6-10H2,(H,19,21)(H,17,18,20). The normalized spacial score (nSPS) is 21.3. The summed E-state index contributed by atoms with van der Waals surface area (Å²) in [5.74, 6) is 1.37. The van der Waals surface area contributed by atoms with Gasteiger partial charge in [-0.25, -0.2) is 9.78 Å². The Morgan fingerprint density at radius 2 is 2.00 bits per heavy atom. The van der Waals surface area contributed by atoms with Gasteiger partial charge in [0.05, 0.1) is 0 Å². The molecule has 1 aliphatic carbocycles. The van der Waals surface area contributed by atoms with E-state index in [-0.39, 0.29) is 12.1 Å². The number of ether oxygens (including phenoxy) is 1. The van der Waals surface area contributed by atoms with Crippen LogP contribution in [0, 0.1) is 0 Å². The second-order valence-electron chi connectivity index (χ2n) is 5.63. The highest BCUT2D eigenvalue weighted by molar-refractivity contribution is 5.67. The fourth-order valence-corrected chi connectivity index (χ4v) is 2.85. The summed E-state index contributed by atoms with van der Waals surface area (Å²) in [6.07, 6.45) is 5.07. The van der Waals surface area contributed by atoms with E-state index >= 15 is 0 Å². The number of carbonyl (C=O) groups excluding carboxylic acids is 1. The molecule has 3 rings (SSSR count). The molecule has 1 heterocycles. The van der Waals surface area contributed by atoms with Gasteiger partial charge < -0.3 is 10.1 Å². The van der Waals surface area contributed by atoms with Crippen molar-refractivity contribution in [3.8, 4) is 0 Å². The molecule has 0 bridgehead atoms. The van der Waals surface area contributed by atoms with Crippen LogP contribution in [0.5, 0.6) is 0 Å². The van der Waals surface area contributed by atoms with Crippen molar-refractivity contribution >= 4 is 6.09 Å². The van der Waals surface area contributed by atoms with E-state index in [9.17, 15) is 4.79 Å². The van der Waals surface area contributed by atoms with Crippen LogP contribution in [0.2, 0.25) is 0 Å². The van der Waals surface area contributed by atoms with Crippen molar-refractivity contribution in [3.63, 3.8) is 0 Å². The highest BCUT2D eigenvalue weighted by atomic mass is 16.5. The number of nitrogens with zero attached hydrogens (tertiary/aromatic N) is 2. The van der Waals surface area contributed by atoms with Crippen molar-refractivity contribution in [3.05, 3.63) is 48.0 Å². The molecule has 1 saturated carbocycles. The number of alkyl carbamates (subject to hydrolysis) is 1. The third-order valence-corrected chi connectivity index (χ3v) is 4.08. The quantitative estimate of drug-likeness (QED) is 0.910. The van der Waals surface area contributed by atoms with Crippen molar-refractivity contribution in [1.29, 1.82) is 0 Å². The predicted molar refractivity (Wildman–Crippen MR) is 81.1 cm³/mol. The Morgan fingerprint density at radius 3 is 2.68 bits per heavy atom. The first-order valence-corrected chi connectivity index (χ1v) is 7.64. The van der Waals surface area contributed by atoms with Crippen molar-refractivity contribution in [2.75, 3.05) is 0 Å². The van der Waals surface area contributed by atoms with Gasteiger partial charge in [-0.3, -0.25) is 5.10 Å². The van der Waals surface area contributed by atoms with Crippen LogP contribution in [0.15, 0.2) is 36.7 Å². The molecule has 2 aromatic rings. The third-order valence-electron chi connectivity index (χ3n) is 4.08. The number of aromatic amines is 1. The molecule has 1 aromatic heterocycles. The Morgan fingerprint density at radius 1 is 1.23 bits per heavy atom. The lowest BCUT2D eigenvalue weighted by atomic mass is 9.85. The van der Waals surface area contributed by atoms with Crippen LogP contribution in [-0.4, -0.2) is 27.3 Å². The lowest BCUT2D eigenvalue weighted by Gasteiger charge is -2.27. The number of H-pyrrole nitrogens is 1. The minimum Gasteiger partial charge on any atom is -0.445 e. The smallest absolute Gasteiger partial charge is 0.407 e. The SMILES string of the molecule is O=C(NC1CCC(c2ncn[nH]2)CC1)OCc1ccccc1. The number of rotatable bonds is 4. The van der Waals surface area contributed by atoms with Gasteiger partial charge in [-0.05, 0) is 31.2 Å². The van der Waals surface area contributed by atoms with Crippen LogP contribution in [0.1, 0.15) is 43.0 Å². The minimum absolute atomic E-state index is 0.183. The number of hydrogen-bond donors (Lipinski definition) is 2. The summed E-state index contributed by atoms with van der Waals surface area (Å²) in [7, 11) is 0. The molecule has 1 aromatic carbocycles. The van der Waals surface area contributed by atoms with Gasteiger partial charge in [-0.15, -0.1) is 0 Å². The average Bonchev–Trinajstić information content (AvgIpc) is 3.09. The first-order chi connectivity index (χ1) is 10.8. The molecule has 0 unspecified atom stereocenters. The Balaban J connectivity index is 1.40. The molecular weight excluding hydrogens is 280 g/mol. The van der Waals surface area contributed by atoms with Crippen molar-refractivity contribution in [1.82, 2.24) is 20.5 Å². The number of nitrogens with one attached hydrogen (secondary N) is 2. The third kappa shape index (κ3) is 3.84. The monoisotopic (exact) mass is 300 g/mol. The van der Waals surface area contributed by atoms with E-state index in [0.717, 1.165) is 37.1 Å². The lowest BCUT2D eigenvalue weighted by Crippen LogP contribution is -2.37. The molecule has 1 fully saturated rings. The fraction of sp³-hybridized carbons (Fsp3) is 0.438. The van der Waals surface area contributed by atoms with Crippen molar-refractivity contribution in [2.45, 2.75) is 44.2 Å². The summed E-state index contributed by atoms with van der Waals surface area (Å²) in [5, 5.41) is 9.77. The lowest BCUT2D eigenvalue weighted by molar-refractivity contribution is 0.132. The highest BCUT2D eigenvalue weighted by Crippen LogP contribution is 2.30. The maximum Gasteiger partial charge on any atom is 0.407 e. The molecule has 6 heteroatoms. The van der Waals surface area contributed by atoms with E-state index in [2.05, 4.69) is 20.5 Å². The number of carbonyl (C=O) groups is 1. The molecule has 0 saturated heterocycles. The van der Waals surface area contributed by atoms with E-state index in [1.165, 1.54) is 0 Å². The Hall–Kier alpha value is -2.37. The van der Waals surface area contributed by atoms with Gasteiger partial charge in [0, 0.05) is 12.0 Å². The second kappa shape index (κ2) is 7.06. The second-order valence-corrected chi connectivity index (χ2v) is 5.63. The zero-order chi connectivity index (χ0) is 15.2. The molecule has 116 valence electrons. The van der Waals surface area contributed by atoms with Crippen LogP contribution in [0.4, 0.5) is 4.79 Å². The molecule has 1 amide bonds. The van der Waals surface area contributed by atoms with Gasteiger partial charge in [-0.2, -0.15) is 5.10 Å². The largest absolute Gasteiger partial charge is 0.445 e. The molecule has 0 spiro atoms. The zero-order valence-corrected chi connectivity index (χ0v) is 12.4. The van der Waals surface area contributed by atoms with Crippen molar-refractivity contribution < 1.29 is 9.53 Å². The summed E-state index contributed by atoms with van der Waals surface area (Å²) in [6.45, 7) is 0.306. The Kier molecular flexibility index (Phi) is 4.68. The summed E-state index contributed by atoms with van der Waals surface area (Å²) >= 11 is 0. The molecule has 6 nitrogen and oxygen atoms in total. The van der Waals surface area contributed by atoms with Crippen LogP contribution >= 0.6 is 0 Å². The predicted octanol–water partition coefficient (Wildman–Crippen LogP) is 2.76. The number of aromatic nitrogens is 3. The fourth-order valence-electron chi connectivity index (χ4n) is 2.85. The van der Waals surface area contributed by atoms with Crippen LogP contribution in [0.3, 0.4) is 0 Å². The van der Waals surface area contributed by atoms with Gasteiger partial charge in [0.25, 0.3) is 0 Å². The first kappa shape index (κ1) is 14.6. The topological polar surface area (TPSA) is 79.9 Å². The molecule has 1 aliphatic rings. The molecule has 0 atom stereocenters. The Labute approximate surface area is 129 Å². The first-order valence-electron chi connectivity index (χ1n) is 7.64. The van der Waals surface area contributed by atoms with Gasteiger partial charge >= 0.3 is 6.09 Å². The summed E-state index contributed by atoms with van der Waals surface area (Å²) in [4.78, 5) is 16.0. The number of benzene rings is 1. The summed E-state index contributed by atoms with van der Waals surface area (Å²) in [5.41, 5.74) is 0.992. The van der Waals surface area contributed by atoms with Crippen LogP contribution in [0.25, 0.3) is 0 Å². The van der Waals surface area contributed by atoms with Gasteiger partial charge in [0.15, 0.2) is 0 Å². The maximum atomic E-state index is 11.8. The van der Waals surface area contributed by atoms with Gasteiger partial charge in [-0.1, -0.05) is 30.3 Å². The molecular formula is C16H20N4O2. The van der Waals surface area contributed by atoms with Crippen LogP contribution < -0.4 is 5.32 Å². The molecule has 0 radical (unpaired) electrons. The van der Waals surface area contributed by atoms with Crippen molar-refractivity contribution in [2.24, 2.45) is 0 Å². The molecule has 22 heavy (non-hydrogen) atoms. The van der Waals surface area contributed by atoms with E-state index < -0.39 is 0 Å². The maximum absolute atomic E-state index is 11.8. The number of hydrogen-bond acceptors (Lipinski definition) is 4. The zero-order valence-electron chi connectivity index (χ0n) is 12.4. The van der Waals surface area contributed by atoms with E-state index in [1.54, 1.807) is 6.33 Å². The van der Waals surface area contributed by atoms with E-state index in [0.29, 0.717) is 12.5 Å². The average molecular weight is 300 g/mol. The highest BCUT2D eigenvalue weighted by Gasteiger charge is 2.25. The van der Waals surface area contributed by atoms with Gasteiger partial charge in [0.2, 0.25) is 0 Å².